The van der Waals surface area contributed by atoms with Gasteiger partial charge in [0.2, 0.25) is 0 Å². The number of alkyl halides is 2. The highest BCUT2D eigenvalue weighted by atomic mass is 19.3. The number of aromatic nitrogens is 5. The molecule has 0 bridgehead atoms. The van der Waals surface area contributed by atoms with Crippen LogP contribution in [0.1, 0.15) is 12.0 Å². The number of nitrogens with two attached hydrogens (primary N) is 1. The maximum absolute atomic E-state index is 12.6. The number of nitrogen functional groups attached to an aromatic ring is 1. The van der Waals surface area contributed by atoms with Crippen LogP contribution < -0.4 is 5.73 Å². The van der Waals surface area contributed by atoms with Gasteiger partial charge in [0.05, 0.1) is 17.4 Å². The van der Waals surface area contributed by atoms with E-state index in [2.05, 4.69) is 20.4 Å². The number of pyridine rings is 1. The minimum absolute atomic E-state index is 0.0725. The quantitative estimate of drug-likeness (QED) is 0.787. The van der Waals surface area contributed by atoms with Gasteiger partial charge in [-0.05, 0) is 11.3 Å². The molecular formula is C7H6F2N6. The van der Waals surface area contributed by atoms with Crippen LogP contribution in [0.3, 0.4) is 0 Å². The summed E-state index contributed by atoms with van der Waals surface area (Å²) in [5, 5.41) is 10.5. The molecule has 0 atom stereocenters. The molecule has 0 saturated heterocycles. The predicted octanol–water partition coefficient (Wildman–Crippen LogP) is 0.577. The Morgan fingerprint density at radius 2 is 2.20 bits per heavy atom. The van der Waals surface area contributed by atoms with Crippen molar-refractivity contribution in [2.75, 3.05) is 5.73 Å². The summed E-state index contributed by atoms with van der Waals surface area (Å²) in [4.78, 5) is 4.65. The van der Waals surface area contributed by atoms with Crippen LogP contribution in [-0.2, 0) is 0 Å². The summed E-state index contributed by atoms with van der Waals surface area (Å²) in [6, 6.07) is 1.14. The van der Waals surface area contributed by atoms with Crippen LogP contribution in [0.2, 0.25) is 0 Å². The first-order valence-corrected chi connectivity index (χ1v) is 3.95. The molecule has 8 heteroatoms. The van der Waals surface area contributed by atoms with Crippen molar-refractivity contribution >= 4 is 5.69 Å². The highest BCUT2D eigenvalue weighted by Crippen LogP contribution is 2.24. The molecule has 0 saturated carbocycles. The lowest BCUT2D eigenvalue weighted by Gasteiger charge is -2.06. The van der Waals surface area contributed by atoms with E-state index in [-0.39, 0.29) is 17.1 Å². The predicted molar refractivity (Wildman–Crippen MR) is 46.3 cm³/mol. The van der Waals surface area contributed by atoms with Crippen molar-refractivity contribution in [2.24, 2.45) is 0 Å². The molecule has 0 aliphatic carbocycles. The molecule has 0 spiro atoms. The second-order valence-electron chi connectivity index (χ2n) is 2.71. The molecule has 6 nitrogen and oxygen atoms in total. The third-order valence-electron chi connectivity index (χ3n) is 1.69. The molecule has 15 heavy (non-hydrogen) atoms. The fraction of sp³-hybridized carbons (Fsp3) is 0.143. The van der Waals surface area contributed by atoms with Crippen LogP contribution in [0.25, 0.3) is 5.82 Å². The van der Waals surface area contributed by atoms with Crippen LogP contribution >= 0.6 is 0 Å². The van der Waals surface area contributed by atoms with Gasteiger partial charge in [-0.1, -0.05) is 0 Å². The van der Waals surface area contributed by atoms with E-state index in [1.165, 1.54) is 6.20 Å². The summed E-state index contributed by atoms with van der Waals surface area (Å²) in [6.07, 6.45) is -0.306. The van der Waals surface area contributed by atoms with Gasteiger partial charge < -0.3 is 5.73 Å². The maximum Gasteiger partial charge on any atom is 0.267 e. The Bertz CT molecular complexity index is 455. The smallest absolute Gasteiger partial charge is 0.267 e. The van der Waals surface area contributed by atoms with Gasteiger partial charge in [0.15, 0.2) is 12.1 Å². The Labute approximate surface area is 82.7 Å². The molecule has 2 aromatic heterocycles. The first kappa shape index (κ1) is 9.44. The molecule has 0 radical (unpaired) electrons. The van der Waals surface area contributed by atoms with Gasteiger partial charge in [0, 0.05) is 0 Å². The van der Waals surface area contributed by atoms with Crippen molar-refractivity contribution in [1.82, 2.24) is 25.2 Å². The van der Waals surface area contributed by atoms with Gasteiger partial charge in [0.1, 0.15) is 0 Å². The van der Waals surface area contributed by atoms with Crippen molar-refractivity contribution in [2.45, 2.75) is 6.43 Å². The standard InChI is InChI=1S/C7H6F2N6/c8-6(9)5-1-4(10)2-11-7(5)15-13-3-12-14-15/h1-3,6H,10H2. The van der Waals surface area contributed by atoms with Crippen molar-refractivity contribution in [3.05, 3.63) is 24.2 Å². The molecule has 0 aliphatic heterocycles. The maximum atomic E-state index is 12.6. The van der Waals surface area contributed by atoms with Gasteiger partial charge in [-0.15, -0.1) is 15.0 Å². The van der Waals surface area contributed by atoms with Crippen LogP contribution in [0.5, 0.6) is 0 Å². The topological polar surface area (TPSA) is 82.5 Å². The molecular weight excluding hydrogens is 206 g/mol. The Morgan fingerprint density at radius 3 is 2.80 bits per heavy atom. The number of anilines is 1. The van der Waals surface area contributed by atoms with Crippen molar-refractivity contribution in [3.8, 4) is 5.82 Å². The van der Waals surface area contributed by atoms with E-state index in [0.29, 0.717) is 0 Å². The summed E-state index contributed by atoms with van der Waals surface area (Å²) in [6.45, 7) is 0. The van der Waals surface area contributed by atoms with Gasteiger partial charge in [0.25, 0.3) is 6.43 Å². The average molecular weight is 212 g/mol. The second kappa shape index (κ2) is 3.56. The van der Waals surface area contributed by atoms with Gasteiger partial charge in [-0.25, -0.2) is 13.8 Å². The van der Waals surface area contributed by atoms with Crippen LogP contribution in [0.4, 0.5) is 14.5 Å². The normalized spacial score (nSPS) is 10.9. The van der Waals surface area contributed by atoms with Crippen LogP contribution in [-0.4, -0.2) is 25.2 Å². The lowest BCUT2D eigenvalue weighted by Crippen LogP contribution is -2.07. The third-order valence-corrected chi connectivity index (χ3v) is 1.69. The molecule has 2 heterocycles. The summed E-state index contributed by atoms with van der Waals surface area (Å²) < 4.78 is 25.2. The lowest BCUT2D eigenvalue weighted by atomic mass is 10.2. The number of hydrogen-bond acceptors (Lipinski definition) is 5. The zero-order valence-corrected chi connectivity index (χ0v) is 7.38. The monoisotopic (exact) mass is 212 g/mol. The molecule has 0 aromatic carbocycles. The van der Waals surface area contributed by atoms with Crippen molar-refractivity contribution in [3.63, 3.8) is 0 Å². The van der Waals surface area contributed by atoms with Crippen molar-refractivity contribution < 1.29 is 8.78 Å². The minimum atomic E-state index is -2.69. The largest absolute Gasteiger partial charge is 0.397 e. The first-order chi connectivity index (χ1) is 7.18. The SMILES string of the molecule is Nc1cnc(-n2ncnn2)c(C(F)F)c1. The van der Waals surface area contributed by atoms with Crippen LogP contribution in [0.15, 0.2) is 18.6 Å². The molecule has 2 rings (SSSR count). The van der Waals surface area contributed by atoms with Gasteiger partial charge in [-0.3, -0.25) is 0 Å². The van der Waals surface area contributed by atoms with Crippen LogP contribution in [0, 0.1) is 0 Å². The molecule has 2 aromatic rings. The summed E-state index contributed by atoms with van der Waals surface area (Å²) >= 11 is 0. The lowest BCUT2D eigenvalue weighted by molar-refractivity contribution is 0.150. The Balaban J connectivity index is 2.56. The fourth-order valence-electron chi connectivity index (χ4n) is 1.08. The number of tetrazole rings is 1. The molecule has 2 N–H and O–H groups in total. The highest BCUT2D eigenvalue weighted by molar-refractivity contribution is 5.45. The average Bonchev–Trinajstić information content (AvgIpc) is 2.70. The van der Waals surface area contributed by atoms with Gasteiger partial charge >= 0.3 is 0 Å². The van der Waals surface area contributed by atoms with Crippen molar-refractivity contribution in [1.29, 1.82) is 0 Å². The fourth-order valence-corrected chi connectivity index (χ4v) is 1.08. The summed E-state index contributed by atoms with van der Waals surface area (Å²) in [5.41, 5.74) is 5.19. The summed E-state index contributed by atoms with van der Waals surface area (Å²) in [5.74, 6) is -0.0725. The number of halogens is 2. The Kier molecular flexibility index (Phi) is 2.24. The minimum Gasteiger partial charge on any atom is -0.397 e. The second-order valence-corrected chi connectivity index (χ2v) is 2.71. The van der Waals surface area contributed by atoms with E-state index < -0.39 is 6.43 Å². The van der Waals surface area contributed by atoms with E-state index in [1.54, 1.807) is 0 Å². The van der Waals surface area contributed by atoms with E-state index >= 15 is 0 Å². The Morgan fingerprint density at radius 1 is 1.40 bits per heavy atom. The summed E-state index contributed by atoms with van der Waals surface area (Å²) in [7, 11) is 0. The first-order valence-electron chi connectivity index (χ1n) is 3.95. The zero-order valence-electron chi connectivity index (χ0n) is 7.38. The third kappa shape index (κ3) is 1.73. The van der Waals surface area contributed by atoms with E-state index in [1.807, 2.05) is 0 Å². The van der Waals surface area contributed by atoms with Gasteiger partial charge in [-0.2, -0.15) is 0 Å². The molecule has 0 aliphatic rings. The molecule has 0 amide bonds. The number of hydrogen-bond donors (Lipinski definition) is 1. The number of nitrogens with zero attached hydrogens (tertiary/aromatic N) is 5. The molecule has 0 fully saturated rings. The zero-order chi connectivity index (χ0) is 10.8. The van der Waals surface area contributed by atoms with E-state index in [9.17, 15) is 8.78 Å². The molecule has 78 valence electrons. The molecule has 0 unspecified atom stereocenters. The van der Waals surface area contributed by atoms with E-state index in [4.69, 9.17) is 5.73 Å². The number of rotatable bonds is 2. The Hall–Kier alpha value is -2.12. The van der Waals surface area contributed by atoms with E-state index in [0.717, 1.165) is 17.2 Å². The highest BCUT2D eigenvalue weighted by Gasteiger charge is 2.17.